The van der Waals surface area contributed by atoms with E-state index in [2.05, 4.69) is 9.97 Å². The second kappa shape index (κ2) is 5.81. The largest absolute Gasteiger partial charge is 0.497 e. The first-order chi connectivity index (χ1) is 10.7. The summed E-state index contributed by atoms with van der Waals surface area (Å²) in [7, 11) is 3.10. The van der Waals surface area contributed by atoms with Gasteiger partial charge in [-0.1, -0.05) is 12.1 Å². The minimum absolute atomic E-state index is 0.112. The Balaban J connectivity index is 2.06. The molecule has 5 nitrogen and oxygen atoms in total. The van der Waals surface area contributed by atoms with E-state index in [9.17, 15) is 4.79 Å². The van der Waals surface area contributed by atoms with Crippen molar-refractivity contribution in [3.63, 3.8) is 0 Å². The summed E-state index contributed by atoms with van der Waals surface area (Å²) in [6, 6.07) is 14.2. The molecule has 0 aliphatic carbocycles. The Morgan fingerprint density at radius 3 is 2.32 bits per heavy atom. The monoisotopic (exact) mass is 294 g/mol. The Morgan fingerprint density at radius 2 is 1.64 bits per heavy atom. The fourth-order valence-electron chi connectivity index (χ4n) is 2.18. The predicted molar refractivity (Wildman–Crippen MR) is 82.5 cm³/mol. The molecule has 0 bridgehead atoms. The number of hydrogen-bond acceptors (Lipinski definition) is 5. The van der Waals surface area contributed by atoms with Crippen LogP contribution in [-0.4, -0.2) is 30.0 Å². The van der Waals surface area contributed by atoms with E-state index in [1.807, 2.05) is 24.3 Å². The lowest BCUT2D eigenvalue weighted by molar-refractivity contribution is 0.102. The van der Waals surface area contributed by atoms with Crippen molar-refractivity contribution in [2.75, 3.05) is 14.2 Å². The molecule has 0 fully saturated rings. The van der Waals surface area contributed by atoms with E-state index in [-0.39, 0.29) is 11.6 Å². The molecule has 0 aliphatic heterocycles. The second-order valence-electron chi connectivity index (χ2n) is 4.63. The van der Waals surface area contributed by atoms with E-state index < -0.39 is 0 Å². The lowest BCUT2D eigenvalue weighted by atomic mass is 10.1. The fraction of sp³-hybridized carbons (Fsp3) is 0.118. The van der Waals surface area contributed by atoms with E-state index in [0.717, 1.165) is 5.39 Å². The third-order valence-corrected chi connectivity index (χ3v) is 3.32. The number of fused-ring (bicyclic) bond motifs is 1. The van der Waals surface area contributed by atoms with Crippen molar-refractivity contribution in [3.05, 3.63) is 59.9 Å². The molecule has 0 unspecified atom stereocenters. The highest BCUT2D eigenvalue weighted by Crippen LogP contribution is 2.23. The average molecular weight is 294 g/mol. The molecule has 0 saturated carbocycles. The number of para-hydroxylation sites is 1. The van der Waals surface area contributed by atoms with Crippen molar-refractivity contribution in [2.24, 2.45) is 0 Å². The summed E-state index contributed by atoms with van der Waals surface area (Å²) in [5.74, 6) is 0.934. The Kier molecular flexibility index (Phi) is 3.70. The SMILES string of the molecule is COc1ccc(C(=O)c2nc(OC)c3ccccc3n2)cc1. The number of hydrogen-bond donors (Lipinski definition) is 0. The molecule has 1 aromatic heterocycles. The highest BCUT2D eigenvalue weighted by atomic mass is 16.5. The van der Waals surface area contributed by atoms with E-state index in [4.69, 9.17) is 9.47 Å². The average Bonchev–Trinajstić information content (AvgIpc) is 2.60. The third kappa shape index (κ3) is 2.48. The zero-order chi connectivity index (χ0) is 15.5. The molecular formula is C17H14N2O3. The van der Waals surface area contributed by atoms with E-state index in [1.54, 1.807) is 31.4 Å². The van der Waals surface area contributed by atoms with E-state index in [0.29, 0.717) is 22.7 Å². The third-order valence-electron chi connectivity index (χ3n) is 3.32. The lowest BCUT2D eigenvalue weighted by Crippen LogP contribution is -2.08. The van der Waals surface area contributed by atoms with Crippen LogP contribution in [0.5, 0.6) is 11.6 Å². The van der Waals surface area contributed by atoms with Crippen molar-refractivity contribution >= 4 is 16.7 Å². The van der Waals surface area contributed by atoms with Crippen LogP contribution in [0.4, 0.5) is 0 Å². The Hall–Kier alpha value is -2.95. The summed E-state index contributed by atoms with van der Waals surface area (Å²) in [5.41, 5.74) is 1.17. The highest BCUT2D eigenvalue weighted by molar-refractivity contribution is 6.07. The molecule has 0 amide bonds. The highest BCUT2D eigenvalue weighted by Gasteiger charge is 2.16. The summed E-state index contributed by atoms with van der Waals surface area (Å²) >= 11 is 0. The molecule has 0 radical (unpaired) electrons. The standard InChI is InChI=1S/C17H14N2O3/c1-21-12-9-7-11(8-10-12)15(20)16-18-14-6-4-3-5-13(14)17(19-16)22-2/h3-10H,1-2H3. The number of methoxy groups -OCH3 is 2. The molecule has 0 atom stereocenters. The van der Waals surface area contributed by atoms with Gasteiger partial charge in [-0.2, -0.15) is 4.98 Å². The molecule has 110 valence electrons. The molecule has 0 spiro atoms. The summed E-state index contributed by atoms with van der Waals surface area (Å²) in [5, 5.41) is 0.774. The number of nitrogens with zero attached hydrogens (tertiary/aromatic N) is 2. The minimum atomic E-state index is -0.258. The molecule has 0 aliphatic rings. The summed E-state index contributed by atoms with van der Waals surface area (Å²) in [6.45, 7) is 0. The molecular weight excluding hydrogens is 280 g/mol. The maximum absolute atomic E-state index is 12.5. The van der Waals surface area contributed by atoms with Crippen LogP contribution >= 0.6 is 0 Å². The molecule has 22 heavy (non-hydrogen) atoms. The minimum Gasteiger partial charge on any atom is -0.497 e. The van der Waals surface area contributed by atoms with Gasteiger partial charge in [-0.3, -0.25) is 4.79 Å². The Morgan fingerprint density at radius 1 is 0.909 bits per heavy atom. The van der Waals surface area contributed by atoms with Gasteiger partial charge in [0.25, 0.3) is 0 Å². The van der Waals surface area contributed by atoms with Gasteiger partial charge >= 0.3 is 0 Å². The van der Waals surface area contributed by atoms with Crippen molar-refractivity contribution < 1.29 is 14.3 Å². The number of ether oxygens (including phenoxy) is 2. The first kappa shape index (κ1) is 14.0. The first-order valence-electron chi connectivity index (χ1n) is 6.72. The van der Waals surface area contributed by atoms with Crippen LogP contribution in [0.25, 0.3) is 10.9 Å². The summed E-state index contributed by atoms with van der Waals surface area (Å²) in [6.07, 6.45) is 0. The Bertz CT molecular complexity index is 829. The maximum atomic E-state index is 12.5. The number of carbonyl (C=O) groups is 1. The van der Waals surface area contributed by atoms with Gasteiger partial charge in [0, 0.05) is 5.56 Å². The first-order valence-corrected chi connectivity index (χ1v) is 6.72. The van der Waals surface area contributed by atoms with Crippen LogP contribution in [-0.2, 0) is 0 Å². The number of carbonyl (C=O) groups excluding carboxylic acids is 1. The van der Waals surface area contributed by atoms with Gasteiger partial charge in [0.15, 0.2) is 0 Å². The number of aromatic nitrogens is 2. The van der Waals surface area contributed by atoms with Gasteiger partial charge in [0.05, 0.1) is 25.1 Å². The molecule has 1 heterocycles. The fourth-order valence-corrected chi connectivity index (χ4v) is 2.18. The number of rotatable bonds is 4. The molecule has 5 heteroatoms. The summed E-state index contributed by atoms with van der Waals surface area (Å²) in [4.78, 5) is 21.1. The molecule has 0 saturated heterocycles. The normalized spacial score (nSPS) is 10.5. The van der Waals surface area contributed by atoms with Crippen LogP contribution in [0.2, 0.25) is 0 Å². The van der Waals surface area contributed by atoms with Gasteiger partial charge in [0.2, 0.25) is 17.5 Å². The number of ketones is 1. The smallest absolute Gasteiger partial charge is 0.230 e. The van der Waals surface area contributed by atoms with Crippen molar-refractivity contribution in [1.29, 1.82) is 0 Å². The van der Waals surface area contributed by atoms with Gasteiger partial charge in [-0.05, 0) is 36.4 Å². The lowest BCUT2D eigenvalue weighted by Gasteiger charge is -2.07. The molecule has 3 aromatic rings. The van der Waals surface area contributed by atoms with Crippen LogP contribution in [0.1, 0.15) is 16.2 Å². The predicted octanol–water partition coefficient (Wildman–Crippen LogP) is 2.88. The topological polar surface area (TPSA) is 61.3 Å². The van der Waals surface area contributed by atoms with Crippen molar-refractivity contribution in [1.82, 2.24) is 9.97 Å². The second-order valence-corrected chi connectivity index (χ2v) is 4.63. The van der Waals surface area contributed by atoms with E-state index in [1.165, 1.54) is 7.11 Å². The van der Waals surface area contributed by atoms with Crippen LogP contribution in [0.3, 0.4) is 0 Å². The number of benzene rings is 2. The van der Waals surface area contributed by atoms with Crippen LogP contribution in [0, 0.1) is 0 Å². The van der Waals surface area contributed by atoms with Crippen LogP contribution < -0.4 is 9.47 Å². The van der Waals surface area contributed by atoms with Crippen LogP contribution in [0.15, 0.2) is 48.5 Å². The Labute approximate surface area is 127 Å². The van der Waals surface area contributed by atoms with Gasteiger partial charge < -0.3 is 9.47 Å². The van der Waals surface area contributed by atoms with E-state index >= 15 is 0 Å². The molecule has 0 N–H and O–H groups in total. The summed E-state index contributed by atoms with van der Waals surface area (Å²) < 4.78 is 10.4. The quantitative estimate of drug-likeness (QED) is 0.692. The zero-order valence-corrected chi connectivity index (χ0v) is 12.2. The maximum Gasteiger partial charge on any atom is 0.230 e. The van der Waals surface area contributed by atoms with Gasteiger partial charge in [-0.15, -0.1) is 0 Å². The van der Waals surface area contributed by atoms with Gasteiger partial charge in [0.1, 0.15) is 5.75 Å². The zero-order valence-electron chi connectivity index (χ0n) is 12.2. The van der Waals surface area contributed by atoms with Crippen molar-refractivity contribution in [3.8, 4) is 11.6 Å². The van der Waals surface area contributed by atoms with Crippen molar-refractivity contribution in [2.45, 2.75) is 0 Å². The van der Waals surface area contributed by atoms with Gasteiger partial charge in [-0.25, -0.2) is 4.98 Å². The molecule has 3 rings (SSSR count). The molecule has 2 aromatic carbocycles.